The molecule has 4 N–H and O–H groups in total. The first-order chi connectivity index (χ1) is 7.59. The van der Waals surface area contributed by atoms with Gasteiger partial charge in [-0.2, -0.15) is 0 Å². The van der Waals surface area contributed by atoms with Crippen molar-refractivity contribution in [3.8, 4) is 0 Å². The smallest absolute Gasteiger partial charge is 0.303 e. The average molecular weight is 242 g/mol. The van der Waals surface area contributed by atoms with Crippen molar-refractivity contribution >= 4 is 23.2 Å². The van der Waals surface area contributed by atoms with E-state index in [1.54, 1.807) is 11.4 Å². The molecule has 0 saturated carbocycles. The van der Waals surface area contributed by atoms with E-state index in [4.69, 9.17) is 10.8 Å². The first-order valence-electron chi connectivity index (χ1n) is 4.89. The molecule has 0 fully saturated rings. The lowest BCUT2D eigenvalue weighted by atomic mass is 10.3. The van der Waals surface area contributed by atoms with Gasteiger partial charge in [0.2, 0.25) is 5.91 Å². The third-order valence-electron chi connectivity index (χ3n) is 1.98. The number of carboxylic acid groups (broad SMARTS) is 1. The number of rotatable bonds is 7. The van der Waals surface area contributed by atoms with Gasteiger partial charge in [0.25, 0.3) is 0 Å². The second-order valence-electron chi connectivity index (χ2n) is 3.34. The molecule has 0 unspecified atom stereocenters. The molecule has 1 amide bonds. The maximum absolute atomic E-state index is 10.8. The molecular weight excluding hydrogens is 228 g/mol. The normalized spacial score (nSPS) is 10.2. The first kappa shape index (κ1) is 12.7. The summed E-state index contributed by atoms with van der Waals surface area (Å²) < 4.78 is 0. The van der Waals surface area contributed by atoms with E-state index in [1.165, 1.54) is 11.3 Å². The van der Waals surface area contributed by atoms with E-state index in [0.717, 1.165) is 4.88 Å². The van der Waals surface area contributed by atoms with Crippen LogP contribution in [0.25, 0.3) is 0 Å². The Bertz CT molecular complexity index is 376. The summed E-state index contributed by atoms with van der Waals surface area (Å²) in [7, 11) is 0. The van der Waals surface area contributed by atoms with Gasteiger partial charge in [-0.15, -0.1) is 11.3 Å². The highest BCUT2D eigenvalue weighted by Gasteiger charge is 2.04. The Balaban J connectivity index is 2.21. The quantitative estimate of drug-likeness (QED) is 0.617. The third kappa shape index (κ3) is 4.41. The lowest BCUT2D eigenvalue weighted by Crippen LogP contribution is -2.15. The fraction of sp³-hybridized carbons (Fsp3) is 0.400. The van der Waals surface area contributed by atoms with Crippen LogP contribution in [-0.4, -0.2) is 23.5 Å². The van der Waals surface area contributed by atoms with Crippen LogP contribution in [0.3, 0.4) is 0 Å². The van der Waals surface area contributed by atoms with E-state index in [9.17, 15) is 9.59 Å². The summed E-state index contributed by atoms with van der Waals surface area (Å²) in [6, 6.07) is 1.75. The fourth-order valence-electron chi connectivity index (χ4n) is 1.18. The van der Waals surface area contributed by atoms with E-state index in [1.807, 2.05) is 0 Å². The summed E-state index contributed by atoms with van der Waals surface area (Å²) in [5.41, 5.74) is 5.64. The first-order valence-corrected chi connectivity index (χ1v) is 5.77. The van der Waals surface area contributed by atoms with Gasteiger partial charge in [-0.3, -0.25) is 9.59 Å². The van der Waals surface area contributed by atoms with Crippen LogP contribution in [0.15, 0.2) is 11.4 Å². The molecule has 1 aromatic rings. The molecule has 1 heterocycles. The molecule has 6 heteroatoms. The van der Waals surface area contributed by atoms with Gasteiger partial charge in [0.05, 0.1) is 5.56 Å². The molecule has 0 radical (unpaired) electrons. The Labute approximate surface area is 97.3 Å². The van der Waals surface area contributed by atoms with Crippen molar-refractivity contribution in [2.24, 2.45) is 5.73 Å². The second kappa shape index (κ2) is 6.24. The molecule has 0 spiro atoms. The monoisotopic (exact) mass is 242 g/mol. The van der Waals surface area contributed by atoms with Crippen molar-refractivity contribution in [2.75, 3.05) is 6.54 Å². The van der Waals surface area contributed by atoms with Crippen LogP contribution < -0.4 is 11.1 Å². The molecule has 0 aliphatic rings. The number of carboxylic acids is 1. The largest absolute Gasteiger partial charge is 0.481 e. The number of carbonyl (C=O) groups is 2. The summed E-state index contributed by atoms with van der Waals surface area (Å²) in [5.74, 6) is -1.21. The highest BCUT2D eigenvalue weighted by Crippen LogP contribution is 2.13. The van der Waals surface area contributed by atoms with E-state index >= 15 is 0 Å². The van der Waals surface area contributed by atoms with Crippen LogP contribution in [0, 0.1) is 0 Å². The molecule has 0 aliphatic heterocycles. The van der Waals surface area contributed by atoms with Crippen LogP contribution in [0.1, 0.15) is 28.1 Å². The van der Waals surface area contributed by atoms with E-state index in [0.29, 0.717) is 25.1 Å². The minimum atomic E-state index is -0.783. The zero-order valence-electron chi connectivity index (χ0n) is 8.73. The average Bonchev–Trinajstić information content (AvgIpc) is 2.65. The summed E-state index contributed by atoms with van der Waals surface area (Å²) in [5, 5.41) is 13.2. The lowest BCUT2D eigenvalue weighted by Gasteiger charge is -2.00. The number of hydrogen-bond donors (Lipinski definition) is 3. The summed E-state index contributed by atoms with van der Waals surface area (Å²) in [6.45, 7) is 1.29. The van der Waals surface area contributed by atoms with Crippen LogP contribution in [0.4, 0.5) is 0 Å². The Morgan fingerprint density at radius 1 is 1.50 bits per heavy atom. The predicted octanol–water partition coefficient (Wildman–Crippen LogP) is 0.801. The van der Waals surface area contributed by atoms with Gasteiger partial charge in [0.15, 0.2) is 0 Å². The maximum atomic E-state index is 10.8. The molecule has 0 bridgehead atoms. The van der Waals surface area contributed by atoms with Crippen LogP contribution in [-0.2, 0) is 11.3 Å². The van der Waals surface area contributed by atoms with Gasteiger partial charge in [-0.1, -0.05) is 0 Å². The molecular formula is C10H14N2O3S. The lowest BCUT2D eigenvalue weighted by molar-refractivity contribution is -0.137. The molecule has 0 atom stereocenters. The minimum absolute atomic E-state index is 0.171. The summed E-state index contributed by atoms with van der Waals surface area (Å²) in [4.78, 5) is 22.1. The minimum Gasteiger partial charge on any atom is -0.481 e. The number of primary amides is 1. The molecule has 16 heavy (non-hydrogen) atoms. The Kier molecular flexibility index (Phi) is 4.94. The molecule has 1 aromatic heterocycles. The van der Waals surface area contributed by atoms with Crippen molar-refractivity contribution in [3.63, 3.8) is 0 Å². The number of thiophene rings is 1. The molecule has 1 rings (SSSR count). The number of nitrogens with two attached hydrogens (primary N) is 1. The fourth-order valence-corrected chi connectivity index (χ4v) is 2.02. The number of amides is 1. The summed E-state index contributed by atoms with van der Waals surface area (Å²) in [6.07, 6.45) is 0.771. The number of carbonyl (C=O) groups excluding carboxylic acids is 1. The Morgan fingerprint density at radius 2 is 2.25 bits per heavy atom. The van der Waals surface area contributed by atoms with Gasteiger partial charge in [-0.05, 0) is 19.0 Å². The highest BCUT2D eigenvalue weighted by molar-refractivity contribution is 7.10. The molecule has 0 aliphatic carbocycles. The number of hydrogen-bond acceptors (Lipinski definition) is 4. The zero-order chi connectivity index (χ0) is 12.0. The molecule has 0 saturated heterocycles. The highest BCUT2D eigenvalue weighted by atomic mass is 32.1. The van der Waals surface area contributed by atoms with Gasteiger partial charge in [-0.25, -0.2) is 0 Å². The van der Waals surface area contributed by atoms with E-state index < -0.39 is 11.9 Å². The van der Waals surface area contributed by atoms with Gasteiger partial charge in [0, 0.05) is 23.2 Å². The maximum Gasteiger partial charge on any atom is 0.303 e. The molecule has 88 valence electrons. The van der Waals surface area contributed by atoms with Crippen molar-refractivity contribution in [2.45, 2.75) is 19.4 Å². The molecule has 0 aromatic carbocycles. The van der Waals surface area contributed by atoms with Crippen molar-refractivity contribution in [3.05, 3.63) is 21.9 Å². The van der Waals surface area contributed by atoms with Crippen molar-refractivity contribution < 1.29 is 14.7 Å². The van der Waals surface area contributed by atoms with E-state index in [-0.39, 0.29) is 6.42 Å². The van der Waals surface area contributed by atoms with Gasteiger partial charge in [0.1, 0.15) is 0 Å². The topological polar surface area (TPSA) is 92.4 Å². The standard InChI is InChI=1S/C10H14N2O3S/c11-10(15)7-4-8(16-6-7)5-12-3-1-2-9(13)14/h4,6,12H,1-3,5H2,(H2,11,15)(H,13,14). The third-order valence-corrected chi connectivity index (χ3v) is 2.92. The Hall–Kier alpha value is -1.40. The SMILES string of the molecule is NC(=O)c1csc(CNCCCC(=O)O)c1. The number of aliphatic carboxylic acids is 1. The van der Waals surface area contributed by atoms with Gasteiger partial charge >= 0.3 is 5.97 Å². The summed E-state index contributed by atoms with van der Waals surface area (Å²) >= 11 is 1.46. The van der Waals surface area contributed by atoms with Crippen LogP contribution in [0.2, 0.25) is 0 Å². The second-order valence-corrected chi connectivity index (χ2v) is 4.34. The van der Waals surface area contributed by atoms with Crippen molar-refractivity contribution in [1.82, 2.24) is 5.32 Å². The van der Waals surface area contributed by atoms with Crippen LogP contribution in [0.5, 0.6) is 0 Å². The van der Waals surface area contributed by atoms with Crippen molar-refractivity contribution in [1.29, 1.82) is 0 Å². The predicted molar refractivity (Wildman–Crippen MR) is 61.4 cm³/mol. The number of nitrogens with one attached hydrogen (secondary N) is 1. The van der Waals surface area contributed by atoms with Crippen LogP contribution >= 0.6 is 11.3 Å². The zero-order valence-corrected chi connectivity index (χ0v) is 9.55. The Morgan fingerprint density at radius 3 is 2.81 bits per heavy atom. The van der Waals surface area contributed by atoms with Gasteiger partial charge < -0.3 is 16.2 Å². The van der Waals surface area contributed by atoms with E-state index in [2.05, 4.69) is 5.32 Å². The molecule has 5 nitrogen and oxygen atoms in total.